The zero-order valence-corrected chi connectivity index (χ0v) is 23.3. The zero-order chi connectivity index (χ0) is 26.0. The second-order valence-electron chi connectivity index (χ2n) is 7.94. The van der Waals surface area contributed by atoms with Gasteiger partial charge in [-0.2, -0.15) is 4.68 Å². The van der Waals surface area contributed by atoms with Gasteiger partial charge in [-0.15, -0.1) is 5.10 Å². The summed E-state index contributed by atoms with van der Waals surface area (Å²) >= 11 is 11.4. The van der Waals surface area contributed by atoms with Crippen molar-refractivity contribution in [2.24, 2.45) is 0 Å². The summed E-state index contributed by atoms with van der Waals surface area (Å²) in [5, 5.41) is 16.6. The molecule has 1 heterocycles. The minimum Gasteiger partial charge on any atom is -0.490 e. The number of tetrazole rings is 1. The van der Waals surface area contributed by atoms with Crippen LogP contribution in [0.3, 0.4) is 0 Å². The van der Waals surface area contributed by atoms with Crippen LogP contribution in [0.2, 0.25) is 5.02 Å². The van der Waals surface area contributed by atoms with Gasteiger partial charge in [0.25, 0.3) is 0 Å². The standard InChI is InChI=1S/C26H26BrClFN5O2S/c1-2-35-24-13-19(22(27)15-25(24)36-17-18-9-10-20(29)14-23(18)28)16-30-11-6-12-37-26-31-32-33-34(26)21-7-4-3-5-8-21/h3-5,7-10,13-15,30H,2,6,11-12,16-17H2,1H3. The fraction of sp³-hybridized carbons (Fsp3) is 0.269. The van der Waals surface area contributed by atoms with Gasteiger partial charge in [0.15, 0.2) is 11.5 Å². The van der Waals surface area contributed by atoms with Crippen molar-refractivity contribution in [2.45, 2.75) is 31.7 Å². The van der Waals surface area contributed by atoms with E-state index in [0.29, 0.717) is 35.2 Å². The Morgan fingerprint density at radius 2 is 1.86 bits per heavy atom. The molecule has 7 nitrogen and oxygen atoms in total. The molecule has 0 fully saturated rings. The lowest BCUT2D eigenvalue weighted by Gasteiger charge is -2.16. The lowest BCUT2D eigenvalue weighted by atomic mass is 10.2. The van der Waals surface area contributed by atoms with E-state index in [9.17, 15) is 4.39 Å². The van der Waals surface area contributed by atoms with Crippen LogP contribution in [-0.4, -0.2) is 39.1 Å². The largest absolute Gasteiger partial charge is 0.490 e. The molecule has 194 valence electrons. The number of hydrogen-bond donors (Lipinski definition) is 1. The number of para-hydroxylation sites is 1. The van der Waals surface area contributed by atoms with Gasteiger partial charge >= 0.3 is 0 Å². The van der Waals surface area contributed by atoms with Crippen molar-refractivity contribution < 1.29 is 13.9 Å². The molecule has 0 unspecified atom stereocenters. The molecule has 0 saturated carbocycles. The van der Waals surface area contributed by atoms with Crippen molar-refractivity contribution in [2.75, 3.05) is 18.9 Å². The van der Waals surface area contributed by atoms with Crippen LogP contribution in [-0.2, 0) is 13.2 Å². The number of halogens is 3. The Morgan fingerprint density at radius 3 is 2.65 bits per heavy atom. The molecule has 0 saturated heterocycles. The van der Waals surface area contributed by atoms with Gasteiger partial charge in [0.1, 0.15) is 12.4 Å². The average Bonchev–Trinajstić information content (AvgIpc) is 3.37. The third-order valence-corrected chi connectivity index (χ3v) is 7.39. The van der Waals surface area contributed by atoms with Crippen LogP contribution >= 0.6 is 39.3 Å². The first kappa shape index (κ1) is 27.4. The molecule has 4 rings (SSSR count). The van der Waals surface area contributed by atoms with Gasteiger partial charge in [0, 0.05) is 22.3 Å². The van der Waals surface area contributed by atoms with Crippen LogP contribution in [0, 0.1) is 5.82 Å². The summed E-state index contributed by atoms with van der Waals surface area (Å²) in [7, 11) is 0. The van der Waals surface area contributed by atoms with Gasteiger partial charge in [0.05, 0.1) is 17.3 Å². The van der Waals surface area contributed by atoms with Crippen LogP contribution in [0.1, 0.15) is 24.5 Å². The summed E-state index contributed by atoms with van der Waals surface area (Å²) in [6.07, 6.45) is 0.946. The summed E-state index contributed by atoms with van der Waals surface area (Å²) < 4.78 is 27.7. The normalized spacial score (nSPS) is 11.0. The maximum atomic E-state index is 13.3. The lowest BCUT2D eigenvalue weighted by Crippen LogP contribution is -2.16. The molecule has 0 radical (unpaired) electrons. The molecule has 1 aromatic heterocycles. The highest BCUT2D eigenvalue weighted by molar-refractivity contribution is 9.10. The van der Waals surface area contributed by atoms with Crippen molar-refractivity contribution in [3.05, 3.63) is 87.1 Å². The van der Waals surface area contributed by atoms with Gasteiger partial charge < -0.3 is 14.8 Å². The Morgan fingerprint density at radius 1 is 1.05 bits per heavy atom. The number of benzene rings is 3. The Kier molecular flexibility index (Phi) is 10.2. The minimum absolute atomic E-state index is 0.203. The molecule has 11 heteroatoms. The summed E-state index contributed by atoms with van der Waals surface area (Å²) in [5.74, 6) is 1.73. The summed E-state index contributed by atoms with van der Waals surface area (Å²) in [5.41, 5.74) is 2.69. The number of nitrogens with zero attached hydrogens (tertiary/aromatic N) is 4. The number of hydrogen-bond acceptors (Lipinski definition) is 7. The van der Waals surface area contributed by atoms with Crippen LogP contribution in [0.4, 0.5) is 4.39 Å². The second-order valence-corrected chi connectivity index (χ2v) is 10.3. The number of rotatable bonds is 13. The molecular weight excluding hydrogens is 581 g/mol. The molecule has 1 N–H and O–H groups in total. The van der Waals surface area contributed by atoms with E-state index in [4.69, 9.17) is 21.1 Å². The van der Waals surface area contributed by atoms with E-state index in [1.54, 1.807) is 22.5 Å². The quantitative estimate of drug-likeness (QED) is 0.138. The van der Waals surface area contributed by atoms with Gasteiger partial charge in [0.2, 0.25) is 5.16 Å². The summed E-state index contributed by atoms with van der Waals surface area (Å²) in [6.45, 7) is 4.12. The lowest BCUT2D eigenvalue weighted by molar-refractivity contribution is 0.269. The predicted molar refractivity (Wildman–Crippen MR) is 147 cm³/mol. The second kappa shape index (κ2) is 13.8. The molecule has 3 aromatic carbocycles. The zero-order valence-electron chi connectivity index (χ0n) is 20.2. The van der Waals surface area contributed by atoms with E-state index in [2.05, 4.69) is 36.8 Å². The van der Waals surface area contributed by atoms with Crippen molar-refractivity contribution in [1.82, 2.24) is 25.5 Å². The highest BCUT2D eigenvalue weighted by Crippen LogP contribution is 2.35. The molecule has 0 spiro atoms. The minimum atomic E-state index is -0.380. The smallest absolute Gasteiger partial charge is 0.214 e. The van der Waals surface area contributed by atoms with Gasteiger partial charge in [-0.3, -0.25) is 0 Å². The van der Waals surface area contributed by atoms with Crippen LogP contribution in [0.15, 0.2) is 70.3 Å². The van der Waals surface area contributed by atoms with E-state index in [1.165, 1.54) is 12.1 Å². The first-order valence-electron chi connectivity index (χ1n) is 11.7. The molecule has 37 heavy (non-hydrogen) atoms. The number of thioether (sulfide) groups is 1. The Balaban J connectivity index is 1.28. The molecule has 0 aliphatic carbocycles. The molecule has 0 atom stereocenters. The number of nitrogens with one attached hydrogen (secondary N) is 1. The van der Waals surface area contributed by atoms with E-state index < -0.39 is 0 Å². The molecular formula is C26H26BrClFN5O2S. The number of ether oxygens (including phenoxy) is 2. The van der Waals surface area contributed by atoms with Gasteiger partial charge in [-0.05, 0) is 72.3 Å². The Hall–Kier alpha value is -2.66. The van der Waals surface area contributed by atoms with E-state index in [0.717, 1.165) is 39.6 Å². The third-order valence-electron chi connectivity index (χ3n) is 5.30. The van der Waals surface area contributed by atoms with Crippen molar-refractivity contribution in [3.8, 4) is 17.2 Å². The fourth-order valence-corrected chi connectivity index (χ4v) is 4.99. The highest BCUT2D eigenvalue weighted by Gasteiger charge is 2.13. The first-order valence-corrected chi connectivity index (χ1v) is 13.9. The topological polar surface area (TPSA) is 74.1 Å². The molecule has 0 amide bonds. The maximum Gasteiger partial charge on any atom is 0.214 e. The Labute approximate surface area is 232 Å². The first-order chi connectivity index (χ1) is 18.0. The SMILES string of the molecule is CCOc1cc(CNCCCSc2nnnn2-c2ccccc2)c(Br)cc1OCc1ccc(F)cc1Cl. The molecule has 4 aromatic rings. The third kappa shape index (κ3) is 7.67. The van der Waals surface area contributed by atoms with Crippen molar-refractivity contribution >= 4 is 39.3 Å². The van der Waals surface area contributed by atoms with Crippen molar-refractivity contribution in [3.63, 3.8) is 0 Å². The van der Waals surface area contributed by atoms with E-state index in [-0.39, 0.29) is 12.4 Å². The molecule has 0 bridgehead atoms. The predicted octanol–water partition coefficient (Wildman–Crippen LogP) is 6.47. The highest BCUT2D eigenvalue weighted by atomic mass is 79.9. The Bertz CT molecular complexity index is 1310. The van der Waals surface area contributed by atoms with Gasteiger partial charge in [-0.1, -0.05) is 63.6 Å². The van der Waals surface area contributed by atoms with E-state index in [1.807, 2.05) is 49.4 Å². The van der Waals surface area contributed by atoms with Crippen LogP contribution < -0.4 is 14.8 Å². The maximum absolute atomic E-state index is 13.3. The van der Waals surface area contributed by atoms with E-state index >= 15 is 0 Å². The van der Waals surface area contributed by atoms with Crippen molar-refractivity contribution in [1.29, 1.82) is 0 Å². The molecule has 0 aliphatic heterocycles. The summed E-state index contributed by atoms with van der Waals surface area (Å²) in [4.78, 5) is 0. The van der Waals surface area contributed by atoms with Crippen LogP contribution in [0.5, 0.6) is 11.5 Å². The van der Waals surface area contributed by atoms with Crippen LogP contribution in [0.25, 0.3) is 5.69 Å². The summed E-state index contributed by atoms with van der Waals surface area (Å²) in [6, 6.07) is 18.0. The fourth-order valence-electron chi connectivity index (χ4n) is 3.47. The average molecular weight is 607 g/mol. The number of aromatic nitrogens is 4. The molecule has 0 aliphatic rings. The van der Waals surface area contributed by atoms with Gasteiger partial charge in [-0.25, -0.2) is 4.39 Å². The monoisotopic (exact) mass is 605 g/mol.